The number of nitrogens with zero attached hydrogens (tertiary/aromatic N) is 3. The van der Waals surface area contributed by atoms with Crippen LogP contribution < -0.4 is 10.2 Å². The number of pyridine rings is 1. The molecular weight excluding hydrogens is 411 g/mol. The van der Waals surface area contributed by atoms with E-state index in [9.17, 15) is 13.2 Å². The van der Waals surface area contributed by atoms with Crippen LogP contribution in [0.1, 0.15) is 39.3 Å². The van der Waals surface area contributed by atoms with Crippen molar-refractivity contribution in [2.24, 2.45) is 4.99 Å². The summed E-state index contributed by atoms with van der Waals surface area (Å²) in [5, 5.41) is 0. The number of halogens is 3. The van der Waals surface area contributed by atoms with E-state index in [2.05, 4.69) is 11.6 Å². The quantitative estimate of drug-likeness (QED) is 0.482. The Kier molecular flexibility index (Phi) is 12.9. The van der Waals surface area contributed by atoms with E-state index in [0.29, 0.717) is 16.1 Å². The van der Waals surface area contributed by atoms with Crippen molar-refractivity contribution >= 4 is 18.1 Å². The first kappa shape index (κ1) is 27.8. The fourth-order valence-corrected chi connectivity index (χ4v) is 3.46. The molecule has 168 valence electrons. The standard InChI is InChI=1S/C18H20F3N3OS.2C2H6/c1-5-24-12-15(10-11-16(24)22-2)26-23(3)17(18(19,20)21)13-6-8-14(25-4)9-7-13;2*1-2/h5-12,17H,1H2,2-4H3;2*1-2H3/t17-;;/m1../s1. The highest BCUT2D eigenvalue weighted by molar-refractivity contribution is 7.97. The summed E-state index contributed by atoms with van der Waals surface area (Å²) in [5.74, 6) is 0.510. The molecule has 30 heavy (non-hydrogen) atoms. The smallest absolute Gasteiger partial charge is 0.408 e. The average Bonchev–Trinajstić information content (AvgIpc) is 2.76. The normalized spacial score (nSPS) is 12.3. The first-order valence-corrected chi connectivity index (χ1v) is 10.5. The van der Waals surface area contributed by atoms with E-state index in [4.69, 9.17) is 4.74 Å². The van der Waals surface area contributed by atoms with Crippen LogP contribution in [0.15, 0.2) is 59.1 Å². The van der Waals surface area contributed by atoms with E-state index in [1.807, 2.05) is 27.7 Å². The van der Waals surface area contributed by atoms with E-state index in [0.717, 1.165) is 11.9 Å². The molecule has 0 unspecified atom stereocenters. The van der Waals surface area contributed by atoms with Crippen molar-refractivity contribution in [1.29, 1.82) is 0 Å². The van der Waals surface area contributed by atoms with Gasteiger partial charge in [-0.05, 0) is 48.8 Å². The van der Waals surface area contributed by atoms with E-state index >= 15 is 0 Å². The van der Waals surface area contributed by atoms with Gasteiger partial charge >= 0.3 is 6.18 Å². The predicted octanol–water partition coefficient (Wildman–Crippen LogP) is 6.42. The molecule has 1 atom stereocenters. The summed E-state index contributed by atoms with van der Waals surface area (Å²) in [7, 11) is 4.53. The first-order valence-electron chi connectivity index (χ1n) is 9.69. The van der Waals surface area contributed by atoms with Crippen LogP contribution in [0.25, 0.3) is 6.20 Å². The minimum absolute atomic E-state index is 0.144. The Labute approximate surface area is 182 Å². The lowest BCUT2D eigenvalue weighted by molar-refractivity contribution is -0.169. The third-order valence-electron chi connectivity index (χ3n) is 3.71. The molecule has 0 aliphatic carbocycles. The summed E-state index contributed by atoms with van der Waals surface area (Å²) >= 11 is 1.00. The Hall–Kier alpha value is -2.19. The third kappa shape index (κ3) is 7.91. The third-order valence-corrected chi connectivity index (χ3v) is 4.66. The number of rotatable bonds is 6. The van der Waals surface area contributed by atoms with Gasteiger partial charge in [-0.2, -0.15) is 13.2 Å². The van der Waals surface area contributed by atoms with Crippen LogP contribution in [0.2, 0.25) is 0 Å². The van der Waals surface area contributed by atoms with Gasteiger partial charge in [0.25, 0.3) is 0 Å². The zero-order valence-corrected chi connectivity index (χ0v) is 19.5. The summed E-state index contributed by atoms with van der Waals surface area (Å²) in [6.45, 7) is 11.7. The number of ether oxygens (including phenoxy) is 1. The minimum atomic E-state index is -4.43. The van der Waals surface area contributed by atoms with Gasteiger partial charge in [-0.15, -0.1) is 0 Å². The molecular formula is C22H32F3N3OS. The predicted molar refractivity (Wildman–Crippen MR) is 120 cm³/mol. The van der Waals surface area contributed by atoms with Crippen LogP contribution in [-0.4, -0.2) is 36.3 Å². The molecule has 0 aliphatic heterocycles. The molecule has 1 aromatic carbocycles. The lowest BCUT2D eigenvalue weighted by atomic mass is 10.1. The maximum absolute atomic E-state index is 13.7. The molecule has 1 aromatic heterocycles. The summed E-state index contributed by atoms with van der Waals surface area (Å²) < 4.78 is 48.9. The maximum Gasteiger partial charge on any atom is 0.408 e. The summed E-state index contributed by atoms with van der Waals surface area (Å²) in [6, 6.07) is 7.60. The van der Waals surface area contributed by atoms with Crippen molar-refractivity contribution in [3.05, 3.63) is 60.2 Å². The highest BCUT2D eigenvalue weighted by Gasteiger charge is 2.44. The van der Waals surface area contributed by atoms with Crippen molar-refractivity contribution in [3.8, 4) is 5.75 Å². The molecule has 0 fully saturated rings. The van der Waals surface area contributed by atoms with Gasteiger partial charge < -0.3 is 9.30 Å². The zero-order chi connectivity index (χ0) is 23.3. The van der Waals surface area contributed by atoms with Crippen LogP contribution in [0, 0.1) is 0 Å². The molecule has 0 saturated heterocycles. The van der Waals surface area contributed by atoms with Gasteiger partial charge in [0.1, 0.15) is 17.3 Å². The average molecular weight is 444 g/mol. The Morgan fingerprint density at radius 3 is 2.10 bits per heavy atom. The number of benzene rings is 1. The molecule has 4 nitrogen and oxygen atoms in total. The molecule has 0 bridgehead atoms. The Morgan fingerprint density at radius 1 is 1.10 bits per heavy atom. The molecule has 1 heterocycles. The second-order valence-electron chi connectivity index (χ2n) is 5.39. The summed E-state index contributed by atoms with van der Waals surface area (Å²) in [5.41, 5.74) is 0.805. The van der Waals surface area contributed by atoms with Crippen molar-refractivity contribution in [3.63, 3.8) is 0 Å². The fraction of sp³-hybridized carbons (Fsp3) is 0.409. The van der Waals surface area contributed by atoms with E-state index in [1.165, 1.54) is 42.7 Å². The van der Waals surface area contributed by atoms with Crippen LogP contribution in [0.4, 0.5) is 13.2 Å². The van der Waals surface area contributed by atoms with Crippen molar-refractivity contribution in [2.45, 2.75) is 44.8 Å². The molecule has 0 radical (unpaired) electrons. The lowest BCUT2D eigenvalue weighted by Gasteiger charge is -2.29. The Bertz CT molecular complexity index is 818. The van der Waals surface area contributed by atoms with Crippen molar-refractivity contribution < 1.29 is 17.9 Å². The summed E-state index contributed by atoms with van der Waals surface area (Å²) in [4.78, 5) is 4.72. The first-order chi connectivity index (χ1) is 14.3. The Balaban J connectivity index is 0.00000198. The second-order valence-corrected chi connectivity index (χ2v) is 6.62. The SMILES string of the molecule is C=Cn1cc(SN(C)[C@H](c2ccc(OC)cc2)C(F)(F)F)ccc1=NC.CC.CC. The van der Waals surface area contributed by atoms with Crippen molar-refractivity contribution in [2.75, 3.05) is 21.2 Å². The molecule has 2 rings (SSSR count). The monoisotopic (exact) mass is 443 g/mol. The van der Waals surface area contributed by atoms with Gasteiger partial charge in [-0.25, -0.2) is 4.31 Å². The van der Waals surface area contributed by atoms with Gasteiger partial charge in [-0.1, -0.05) is 46.4 Å². The number of alkyl halides is 3. The van der Waals surface area contributed by atoms with Crippen molar-refractivity contribution in [1.82, 2.24) is 8.87 Å². The highest BCUT2D eigenvalue weighted by atomic mass is 32.2. The van der Waals surface area contributed by atoms with Gasteiger partial charge in [0.2, 0.25) is 0 Å². The summed E-state index contributed by atoms with van der Waals surface area (Å²) in [6.07, 6.45) is -1.18. The number of hydrogen-bond acceptors (Lipinski definition) is 4. The minimum Gasteiger partial charge on any atom is -0.497 e. The molecule has 0 aliphatic rings. The van der Waals surface area contributed by atoms with Crippen LogP contribution >= 0.6 is 11.9 Å². The largest absolute Gasteiger partial charge is 0.497 e. The molecule has 0 saturated carbocycles. The van der Waals surface area contributed by atoms with Crippen LogP contribution in [0.5, 0.6) is 5.75 Å². The Morgan fingerprint density at radius 2 is 1.67 bits per heavy atom. The van der Waals surface area contributed by atoms with Gasteiger partial charge in [0, 0.05) is 24.3 Å². The van der Waals surface area contributed by atoms with Gasteiger partial charge in [0.05, 0.1) is 7.11 Å². The fourth-order valence-electron chi connectivity index (χ4n) is 2.49. The number of methoxy groups -OCH3 is 1. The van der Waals surface area contributed by atoms with Gasteiger partial charge in [0.15, 0.2) is 0 Å². The van der Waals surface area contributed by atoms with Crippen LogP contribution in [-0.2, 0) is 0 Å². The lowest BCUT2D eigenvalue weighted by Crippen LogP contribution is -2.32. The molecule has 0 amide bonds. The van der Waals surface area contributed by atoms with E-state index in [-0.39, 0.29) is 5.56 Å². The van der Waals surface area contributed by atoms with Gasteiger partial charge in [-0.3, -0.25) is 4.99 Å². The topological polar surface area (TPSA) is 29.8 Å². The van der Waals surface area contributed by atoms with E-state index in [1.54, 1.807) is 36.1 Å². The maximum atomic E-state index is 13.7. The number of hydrogen-bond donors (Lipinski definition) is 0. The number of aromatic nitrogens is 1. The second kappa shape index (κ2) is 13.9. The molecule has 0 spiro atoms. The highest BCUT2D eigenvalue weighted by Crippen LogP contribution is 2.41. The molecule has 0 N–H and O–H groups in total. The molecule has 2 aromatic rings. The zero-order valence-electron chi connectivity index (χ0n) is 18.7. The van der Waals surface area contributed by atoms with E-state index < -0.39 is 12.2 Å². The van der Waals surface area contributed by atoms with Crippen LogP contribution in [0.3, 0.4) is 0 Å². The molecule has 8 heteroatoms.